The average molecular weight is 259 g/mol. The number of rotatable bonds is 3. The van der Waals surface area contributed by atoms with E-state index in [2.05, 4.69) is 0 Å². The van der Waals surface area contributed by atoms with E-state index < -0.39 is 0 Å². The Bertz CT molecular complexity index is 589. The van der Waals surface area contributed by atoms with Gasteiger partial charge in [0.1, 0.15) is 5.75 Å². The van der Waals surface area contributed by atoms with E-state index in [1.54, 1.807) is 36.2 Å². The van der Waals surface area contributed by atoms with Crippen LogP contribution >= 0.6 is 0 Å². The van der Waals surface area contributed by atoms with Crippen LogP contribution in [0.1, 0.15) is 34.6 Å². The van der Waals surface area contributed by atoms with E-state index in [1.807, 2.05) is 19.9 Å². The highest BCUT2D eigenvalue weighted by Crippen LogP contribution is 2.28. The van der Waals surface area contributed by atoms with Crippen molar-refractivity contribution in [2.75, 3.05) is 7.05 Å². The second kappa shape index (κ2) is 5.18. The number of aromatic hydroxyl groups is 1. The summed E-state index contributed by atoms with van der Waals surface area (Å²) >= 11 is 0. The van der Waals surface area contributed by atoms with Gasteiger partial charge in [-0.1, -0.05) is 18.2 Å². The average Bonchev–Trinajstić information content (AvgIpc) is 2.83. The third-order valence-corrected chi connectivity index (χ3v) is 3.34. The molecule has 0 aliphatic heterocycles. The summed E-state index contributed by atoms with van der Waals surface area (Å²) in [7, 11) is 1.70. The molecule has 2 rings (SSSR count). The van der Waals surface area contributed by atoms with Crippen molar-refractivity contribution in [2.24, 2.45) is 0 Å². The first kappa shape index (κ1) is 13.2. The van der Waals surface area contributed by atoms with Crippen LogP contribution in [0, 0.1) is 6.92 Å². The monoisotopic (exact) mass is 259 g/mol. The second-order valence-corrected chi connectivity index (χ2v) is 4.58. The van der Waals surface area contributed by atoms with E-state index >= 15 is 0 Å². The highest BCUT2D eigenvalue weighted by molar-refractivity contribution is 5.93. The maximum absolute atomic E-state index is 12.3. The summed E-state index contributed by atoms with van der Waals surface area (Å²) in [5.74, 6) is 0.328. The highest BCUT2D eigenvalue weighted by Gasteiger charge is 2.23. The summed E-state index contributed by atoms with van der Waals surface area (Å²) in [4.78, 5) is 13.9. The number of hydrogen-bond acceptors (Lipinski definition) is 3. The van der Waals surface area contributed by atoms with Gasteiger partial charge in [-0.05, 0) is 26.0 Å². The number of phenols is 1. The minimum absolute atomic E-state index is 0.186. The van der Waals surface area contributed by atoms with Crippen molar-refractivity contribution in [1.82, 2.24) is 4.90 Å². The van der Waals surface area contributed by atoms with Crippen molar-refractivity contribution in [3.8, 4) is 5.75 Å². The lowest BCUT2D eigenvalue weighted by Gasteiger charge is -2.25. The van der Waals surface area contributed by atoms with Crippen LogP contribution in [0.4, 0.5) is 0 Å². The molecule has 1 amide bonds. The Morgan fingerprint density at radius 2 is 2.00 bits per heavy atom. The number of furan rings is 1. The molecule has 0 radical (unpaired) electrons. The van der Waals surface area contributed by atoms with Gasteiger partial charge in [-0.25, -0.2) is 0 Å². The molecular weight excluding hydrogens is 242 g/mol. The molecule has 100 valence electrons. The largest absolute Gasteiger partial charge is 0.508 e. The number of carbonyl (C=O) groups is 1. The van der Waals surface area contributed by atoms with Crippen LogP contribution in [0.15, 0.2) is 41.0 Å². The van der Waals surface area contributed by atoms with E-state index in [0.717, 1.165) is 5.56 Å². The molecule has 2 aromatic rings. The number of phenolic OH excluding ortho intramolecular Hbond substituents is 1. The Labute approximate surface area is 112 Å². The quantitative estimate of drug-likeness (QED) is 0.921. The molecule has 1 heterocycles. The summed E-state index contributed by atoms with van der Waals surface area (Å²) in [5.41, 5.74) is 1.52. The van der Waals surface area contributed by atoms with E-state index in [0.29, 0.717) is 11.3 Å². The normalized spacial score (nSPS) is 12.2. The van der Waals surface area contributed by atoms with Crippen molar-refractivity contribution in [1.29, 1.82) is 0 Å². The van der Waals surface area contributed by atoms with Crippen molar-refractivity contribution in [3.05, 3.63) is 53.5 Å². The fourth-order valence-corrected chi connectivity index (χ4v) is 1.98. The van der Waals surface area contributed by atoms with Crippen molar-refractivity contribution in [3.63, 3.8) is 0 Å². The van der Waals surface area contributed by atoms with Crippen LogP contribution in [0.5, 0.6) is 5.75 Å². The molecule has 0 saturated carbocycles. The lowest BCUT2D eigenvalue weighted by atomic mass is 10.1. The Kier molecular flexibility index (Phi) is 3.60. The number of aryl methyl sites for hydroxylation is 1. The number of benzene rings is 1. The fraction of sp³-hybridized carbons (Fsp3) is 0.267. The number of carbonyl (C=O) groups excluding carboxylic acids is 1. The fourth-order valence-electron chi connectivity index (χ4n) is 1.98. The molecule has 1 aromatic heterocycles. The van der Waals surface area contributed by atoms with Gasteiger partial charge in [0.2, 0.25) is 0 Å². The Balaban J connectivity index is 2.25. The summed E-state index contributed by atoms with van der Waals surface area (Å²) < 4.78 is 5.21. The molecule has 0 spiro atoms. The van der Waals surface area contributed by atoms with Crippen LogP contribution in [-0.2, 0) is 0 Å². The zero-order valence-electron chi connectivity index (χ0n) is 11.3. The van der Waals surface area contributed by atoms with Gasteiger partial charge in [-0.15, -0.1) is 0 Å². The lowest BCUT2D eigenvalue weighted by molar-refractivity contribution is 0.0708. The van der Waals surface area contributed by atoms with Crippen LogP contribution in [0.25, 0.3) is 0 Å². The van der Waals surface area contributed by atoms with Crippen LogP contribution in [0.2, 0.25) is 0 Å². The van der Waals surface area contributed by atoms with E-state index in [9.17, 15) is 9.90 Å². The molecule has 0 aliphatic rings. The van der Waals surface area contributed by atoms with Crippen LogP contribution in [-0.4, -0.2) is 23.0 Å². The van der Waals surface area contributed by atoms with Gasteiger partial charge in [0, 0.05) is 18.2 Å². The van der Waals surface area contributed by atoms with Crippen molar-refractivity contribution in [2.45, 2.75) is 19.9 Å². The highest BCUT2D eigenvalue weighted by atomic mass is 16.3. The van der Waals surface area contributed by atoms with Crippen molar-refractivity contribution < 1.29 is 14.3 Å². The Morgan fingerprint density at radius 1 is 1.32 bits per heavy atom. The minimum Gasteiger partial charge on any atom is -0.508 e. The van der Waals surface area contributed by atoms with Crippen LogP contribution in [0.3, 0.4) is 0 Å². The number of para-hydroxylation sites is 1. The molecule has 19 heavy (non-hydrogen) atoms. The molecule has 1 N–H and O–H groups in total. The van der Waals surface area contributed by atoms with E-state index in [-0.39, 0.29) is 17.7 Å². The maximum atomic E-state index is 12.3. The van der Waals surface area contributed by atoms with Gasteiger partial charge in [0.25, 0.3) is 5.91 Å². The zero-order valence-corrected chi connectivity index (χ0v) is 11.3. The predicted molar refractivity (Wildman–Crippen MR) is 72.1 cm³/mol. The molecule has 1 aromatic carbocycles. The topological polar surface area (TPSA) is 53.7 Å². The second-order valence-electron chi connectivity index (χ2n) is 4.58. The zero-order chi connectivity index (χ0) is 14.0. The molecule has 0 bridgehead atoms. The molecule has 1 atom stereocenters. The van der Waals surface area contributed by atoms with Gasteiger partial charge in [0.05, 0.1) is 12.3 Å². The van der Waals surface area contributed by atoms with E-state index in [4.69, 9.17) is 4.42 Å². The smallest absolute Gasteiger partial charge is 0.290 e. The number of nitrogens with zero attached hydrogens (tertiary/aromatic N) is 1. The molecule has 0 aliphatic carbocycles. The maximum Gasteiger partial charge on any atom is 0.290 e. The predicted octanol–water partition coefficient (Wildman–Crippen LogP) is 3.13. The Hall–Kier alpha value is -2.23. The van der Waals surface area contributed by atoms with Gasteiger partial charge in [0.15, 0.2) is 5.76 Å². The molecule has 0 saturated heterocycles. The lowest BCUT2D eigenvalue weighted by Crippen LogP contribution is -2.29. The number of amides is 1. The molecular formula is C15H17NO3. The molecule has 4 nitrogen and oxygen atoms in total. The van der Waals surface area contributed by atoms with Gasteiger partial charge in [-0.3, -0.25) is 4.79 Å². The van der Waals surface area contributed by atoms with Crippen LogP contribution < -0.4 is 0 Å². The third-order valence-electron chi connectivity index (χ3n) is 3.34. The SMILES string of the molecule is Cc1ccoc1C(=O)N(C)C(C)c1ccccc1O. The molecule has 4 heteroatoms. The summed E-state index contributed by atoms with van der Waals surface area (Å²) in [6.07, 6.45) is 1.50. The molecule has 1 unspecified atom stereocenters. The molecule has 0 fully saturated rings. The summed E-state index contributed by atoms with van der Waals surface area (Å²) in [6.45, 7) is 3.69. The first-order valence-corrected chi connectivity index (χ1v) is 6.11. The van der Waals surface area contributed by atoms with Gasteiger partial charge in [-0.2, -0.15) is 0 Å². The Morgan fingerprint density at radius 3 is 2.58 bits per heavy atom. The summed E-state index contributed by atoms with van der Waals surface area (Å²) in [6, 6.07) is 8.52. The van der Waals surface area contributed by atoms with Gasteiger partial charge >= 0.3 is 0 Å². The first-order chi connectivity index (χ1) is 9.02. The van der Waals surface area contributed by atoms with Gasteiger partial charge < -0.3 is 14.4 Å². The first-order valence-electron chi connectivity index (χ1n) is 6.11. The minimum atomic E-state index is -0.238. The number of hydrogen-bond donors (Lipinski definition) is 1. The standard InChI is InChI=1S/C15H17NO3/c1-10-8-9-19-14(10)15(18)16(3)11(2)12-6-4-5-7-13(12)17/h4-9,11,17H,1-3H3. The van der Waals surface area contributed by atoms with Crippen molar-refractivity contribution >= 4 is 5.91 Å². The van der Waals surface area contributed by atoms with E-state index in [1.165, 1.54) is 6.26 Å². The third kappa shape index (κ3) is 2.47. The summed E-state index contributed by atoms with van der Waals surface area (Å²) in [5, 5.41) is 9.84.